The Hall–Kier alpha value is -3.77. The van der Waals surface area contributed by atoms with Crippen molar-refractivity contribution < 1.29 is 19.0 Å². The van der Waals surface area contributed by atoms with Crippen molar-refractivity contribution in [3.8, 4) is 23.0 Å². The topological polar surface area (TPSA) is 57.7 Å². The van der Waals surface area contributed by atoms with Crippen molar-refractivity contribution in [3.05, 3.63) is 89.6 Å². The fourth-order valence-electron chi connectivity index (χ4n) is 3.99. The summed E-state index contributed by atoms with van der Waals surface area (Å²) in [5.74, 6) is 2.77. The lowest BCUT2D eigenvalue weighted by atomic mass is 10.0. The third-order valence-electron chi connectivity index (χ3n) is 5.71. The van der Waals surface area contributed by atoms with Gasteiger partial charge < -0.3 is 14.2 Å². The Labute approximate surface area is 210 Å². The molecule has 35 heavy (non-hydrogen) atoms. The largest absolute Gasteiger partial charge is 0.493 e. The maximum absolute atomic E-state index is 12.4. The SMILES string of the molecule is COc1cc2nccc(Oc3ccc(CC(=S)CC(=O)Cc4ccccc4)cc3C)c2cc1OC. The second kappa shape index (κ2) is 11.1. The van der Waals surface area contributed by atoms with Crippen LogP contribution in [0.5, 0.6) is 23.0 Å². The van der Waals surface area contributed by atoms with E-state index in [1.165, 1.54) is 0 Å². The van der Waals surface area contributed by atoms with E-state index >= 15 is 0 Å². The van der Waals surface area contributed by atoms with E-state index in [9.17, 15) is 4.79 Å². The molecule has 0 radical (unpaired) electrons. The molecule has 1 aromatic heterocycles. The van der Waals surface area contributed by atoms with E-state index in [0.29, 0.717) is 36.5 Å². The van der Waals surface area contributed by atoms with Gasteiger partial charge in [0, 0.05) is 41.8 Å². The molecule has 0 aliphatic rings. The molecule has 0 bridgehead atoms. The van der Waals surface area contributed by atoms with E-state index < -0.39 is 0 Å². The number of benzene rings is 3. The van der Waals surface area contributed by atoms with Crippen molar-refractivity contribution in [2.24, 2.45) is 0 Å². The van der Waals surface area contributed by atoms with Crippen molar-refractivity contribution in [1.82, 2.24) is 4.98 Å². The maximum atomic E-state index is 12.4. The summed E-state index contributed by atoms with van der Waals surface area (Å²) in [7, 11) is 3.20. The first-order valence-electron chi connectivity index (χ1n) is 11.3. The molecule has 6 heteroatoms. The number of aromatic nitrogens is 1. The number of carbonyl (C=O) groups excluding carboxylic acids is 1. The van der Waals surface area contributed by atoms with E-state index in [1.807, 2.05) is 67.6 Å². The molecular formula is C29H27NO4S. The average Bonchev–Trinajstić information content (AvgIpc) is 2.85. The summed E-state index contributed by atoms with van der Waals surface area (Å²) in [6.45, 7) is 2.00. The van der Waals surface area contributed by atoms with Crippen molar-refractivity contribution >= 4 is 33.8 Å². The fraction of sp³-hybridized carbons (Fsp3) is 0.207. The van der Waals surface area contributed by atoms with Crippen molar-refractivity contribution in [3.63, 3.8) is 0 Å². The highest BCUT2D eigenvalue weighted by atomic mass is 32.1. The van der Waals surface area contributed by atoms with Crippen LogP contribution in [-0.4, -0.2) is 29.9 Å². The molecule has 4 aromatic rings. The minimum atomic E-state index is 0.134. The number of fused-ring (bicyclic) bond motifs is 1. The molecule has 0 fully saturated rings. The van der Waals surface area contributed by atoms with Crippen LogP contribution in [0, 0.1) is 6.92 Å². The molecule has 0 aliphatic carbocycles. The second-order valence-electron chi connectivity index (χ2n) is 8.33. The summed E-state index contributed by atoms with van der Waals surface area (Å²) in [6, 6.07) is 21.2. The van der Waals surface area contributed by atoms with Crippen molar-refractivity contribution in [1.29, 1.82) is 0 Å². The number of nitrogens with zero attached hydrogens (tertiary/aromatic N) is 1. The summed E-state index contributed by atoms with van der Waals surface area (Å²) < 4.78 is 17.1. The monoisotopic (exact) mass is 485 g/mol. The highest BCUT2D eigenvalue weighted by Gasteiger charge is 2.13. The van der Waals surface area contributed by atoms with E-state index in [2.05, 4.69) is 11.1 Å². The Morgan fingerprint density at radius 1 is 0.829 bits per heavy atom. The number of ether oxygens (including phenoxy) is 3. The number of hydrogen-bond donors (Lipinski definition) is 0. The normalized spacial score (nSPS) is 10.7. The Bertz CT molecular complexity index is 1370. The molecule has 1 heterocycles. The Balaban J connectivity index is 1.45. The lowest BCUT2D eigenvalue weighted by Crippen LogP contribution is -2.11. The lowest BCUT2D eigenvalue weighted by molar-refractivity contribution is -0.117. The zero-order chi connectivity index (χ0) is 24.8. The Morgan fingerprint density at radius 2 is 1.57 bits per heavy atom. The number of thiocarbonyl (C=S) groups is 1. The highest BCUT2D eigenvalue weighted by molar-refractivity contribution is 7.80. The minimum absolute atomic E-state index is 0.134. The predicted molar refractivity (Wildman–Crippen MR) is 142 cm³/mol. The van der Waals surface area contributed by atoms with E-state index in [4.69, 9.17) is 26.4 Å². The van der Waals surface area contributed by atoms with Gasteiger partial charge in [-0.3, -0.25) is 9.78 Å². The number of pyridine rings is 1. The van der Waals surface area contributed by atoms with Crippen LogP contribution in [0.3, 0.4) is 0 Å². The van der Waals surface area contributed by atoms with E-state index in [-0.39, 0.29) is 5.78 Å². The van der Waals surface area contributed by atoms with Crippen LogP contribution in [-0.2, 0) is 17.6 Å². The summed E-state index contributed by atoms with van der Waals surface area (Å²) >= 11 is 5.53. The van der Waals surface area contributed by atoms with Crippen LogP contribution >= 0.6 is 12.2 Å². The predicted octanol–water partition coefficient (Wildman–Crippen LogP) is 6.47. The Kier molecular flexibility index (Phi) is 7.73. The quantitative estimate of drug-likeness (QED) is 0.240. The third-order valence-corrected chi connectivity index (χ3v) is 5.99. The van der Waals surface area contributed by atoms with Gasteiger partial charge >= 0.3 is 0 Å². The average molecular weight is 486 g/mol. The molecule has 3 aromatic carbocycles. The van der Waals surface area contributed by atoms with Gasteiger partial charge in [0.2, 0.25) is 0 Å². The second-order valence-corrected chi connectivity index (χ2v) is 8.91. The maximum Gasteiger partial charge on any atom is 0.162 e. The zero-order valence-corrected chi connectivity index (χ0v) is 20.9. The first-order chi connectivity index (χ1) is 17.0. The van der Waals surface area contributed by atoms with Crippen molar-refractivity contribution in [2.45, 2.75) is 26.2 Å². The van der Waals surface area contributed by atoms with Crippen LogP contribution < -0.4 is 14.2 Å². The molecule has 0 unspecified atom stereocenters. The number of hydrogen-bond acceptors (Lipinski definition) is 6. The van der Waals surface area contributed by atoms with E-state index in [0.717, 1.165) is 38.2 Å². The number of aryl methyl sites for hydroxylation is 1. The molecule has 0 saturated carbocycles. The number of ketones is 1. The molecule has 0 atom stereocenters. The van der Waals surface area contributed by atoms with Crippen LogP contribution in [0.2, 0.25) is 0 Å². The van der Waals surface area contributed by atoms with Crippen molar-refractivity contribution in [2.75, 3.05) is 14.2 Å². The first kappa shape index (κ1) is 24.4. The number of Topliss-reactive ketones (excluding diaryl/α,β-unsaturated/α-hetero) is 1. The number of methoxy groups -OCH3 is 2. The molecule has 0 aliphatic heterocycles. The van der Waals surface area contributed by atoms with Gasteiger partial charge in [-0.15, -0.1) is 0 Å². The molecule has 4 rings (SSSR count). The first-order valence-corrected chi connectivity index (χ1v) is 11.7. The number of carbonyl (C=O) groups is 1. The van der Waals surface area contributed by atoms with Gasteiger partial charge in [0.25, 0.3) is 0 Å². The molecular weight excluding hydrogens is 458 g/mol. The van der Waals surface area contributed by atoms with Crippen LogP contribution in [0.15, 0.2) is 72.9 Å². The van der Waals surface area contributed by atoms with Gasteiger partial charge in [0.05, 0.1) is 19.7 Å². The van der Waals surface area contributed by atoms with Gasteiger partial charge in [-0.2, -0.15) is 0 Å². The van der Waals surface area contributed by atoms with E-state index in [1.54, 1.807) is 20.4 Å². The summed E-state index contributed by atoms with van der Waals surface area (Å²) in [4.78, 5) is 17.6. The van der Waals surface area contributed by atoms with Gasteiger partial charge in [-0.05, 0) is 41.8 Å². The summed E-state index contributed by atoms with van der Waals surface area (Å²) in [5.41, 5.74) is 3.79. The molecule has 5 nitrogen and oxygen atoms in total. The lowest BCUT2D eigenvalue weighted by Gasteiger charge is -2.14. The van der Waals surface area contributed by atoms with Gasteiger partial charge in [-0.1, -0.05) is 54.7 Å². The number of rotatable bonds is 10. The van der Waals surface area contributed by atoms with Gasteiger partial charge in [0.15, 0.2) is 11.5 Å². The zero-order valence-electron chi connectivity index (χ0n) is 20.0. The molecule has 0 spiro atoms. The Morgan fingerprint density at radius 3 is 2.29 bits per heavy atom. The fourth-order valence-corrected chi connectivity index (χ4v) is 4.31. The van der Waals surface area contributed by atoms with Crippen LogP contribution in [0.4, 0.5) is 0 Å². The standard InChI is InChI=1S/C29H27NO4S/c1-19-13-21(15-23(35)16-22(31)14-20-7-5-4-6-8-20)9-10-26(19)34-27-11-12-30-25-18-29(33-3)28(32-2)17-24(25)27/h4-13,17-18H,14-16H2,1-3H3. The molecule has 178 valence electrons. The molecule has 0 N–H and O–H groups in total. The smallest absolute Gasteiger partial charge is 0.162 e. The summed E-state index contributed by atoms with van der Waals surface area (Å²) in [5, 5.41) is 0.826. The third kappa shape index (κ3) is 6.03. The molecule has 0 amide bonds. The summed E-state index contributed by atoms with van der Waals surface area (Å²) in [6.07, 6.45) is 2.99. The van der Waals surface area contributed by atoms with Crippen LogP contribution in [0.25, 0.3) is 10.9 Å². The highest BCUT2D eigenvalue weighted by Crippen LogP contribution is 2.37. The molecule has 0 saturated heterocycles. The van der Waals surface area contributed by atoms with Gasteiger partial charge in [0.1, 0.15) is 17.3 Å². The van der Waals surface area contributed by atoms with Gasteiger partial charge in [-0.25, -0.2) is 0 Å². The van der Waals surface area contributed by atoms with Crippen LogP contribution in [0.1, 0.15) is 23.1 Å². The minimum Gasteiger partial charge on any atom is -0.493 e.